The first kappa shape index (κ1) is 20.7. The van der Waals surface area contributed by atoms with E-state index in [4.69, 9.17) is 23.2 Å². The van der Waals surface area contributed by atoms with Gasteiger partial charge in [0.1, 0.15) is 6.54 Å². The van der Waals surface area contributed by atoms with Gasteiger partial charge in [-0.25, -0.2) is 13.8 Å². The summed E-state index contributed by atoms with van der Waals surface area (Å²) in [4.78, 5) is 12.1. The Labute approximate surface area is 170 Å². The molecule has 1 N–H and O–H groups in total. The van der Waals surface area contributed by atoms with Crippen LogP contribution in [0.1, 0.15) is 5.56 Å². The first-order chi connectivity index (χ1) is 12.2. The summed E-state index contributed by atoms with van der Waals surface area (Å²) in [7, 11) is -3.66. The fourth-order valence-electron chi connectivity index (χ4n) is 1.97. The Balaban J connectivity index is 2.09. The van der Waals surface area contributed by atoms with Crippen LogP contribution in [0.3, 0.4) is 0 Å². The maximum Gasteiger partial charge on any atom is 0.260 e. The van der Waals surface area contributed by atoms with Crippen LogP contribution in [0.25, 0.3) is 0 Å². The van der Waals surface area contributed by atoms with E-state index in [1.807, 2.05) is 0 Å². The molecule has 0 saturated carbocycles. The molecule has 2 aromatic carbocycles. The van der Waals surface area contributed by atoms with E-state index in [0.29, 0.717) is 25.8 Å². The van der Waals surface area contributed by atoms with Crippen LogP contribution in [0.2, 0.25) is 10.0 Å². The third-order valence-electron chi connectivity index (χ3n) is 3.16. The van der Waals surface area contributed by atoms with E-state index < -0.39 is 22.5 Å². The van der Waals surface area contributed by atoms with Crippen LogP contribution >= 0.6 is 39.1 Å². The molecule has 0 aliphatic heterocycles. The second kappa shape index (κ2) is 8.85. The van der Waals surface area contributed by atoms with Gasteiger partial charge in [0.15, 0.2) is 0 Å². The predicted octanol–water partition coefficient (Wildman–Crippen LogP) is 3.67. The summed E-state index contributed by atoms with van der Waals surface area (Å²) in [5.41, 5.74) is 3.28. The number of hydrazone groups is 1. The molecule has 0 unspecified atom stereocenters. The fourth-order valence-corrected chi connectivity index (χ4v) is 3.76. The molecule has 0 heterocycles. The number of sulfonamides is 1. The van der Waals surface area contributed by atoms with Gasteiger partial charge in [-0.3, -0.25) is 9.10 Å². The van der Waals surface area contributed by atoms with Gasteiger partial charge < -0.3 is 0 Å². The minimum absolute atomic E-state index is 0.360. The lowest BCUT2D eigenvalue weighted by Gasteiger charge is -2.22. The van der Waals surface area contributed by atoms with Crippen LogP contribution in [0.15, 0.2) is 52.0 Å². The molecule has 26 heavy (non-hydrogen) atoms. The molecule has 0 aliphatic carbocycles. The van der Waals surface area contributed by atoms with Crippen molar-refractivity contribution in [3.63, 3.8) is 0 Å². The number of rotatable bonds is 6. The highest BCUT2D eigenvalue weighted by Crippen LogP contribution is 2.27. The maximum atomic E-state index is 12.1. The zero-order chi connectivity index (χ0) is 19.3. The Morgan fingerprint density at radius 1 is 1.23 bits per heavy atom. The van der Waals surface area contributed by atoms with E-state index >= 15 is 0 Å². The number of halogens is 3. The second-order valence-corrected chi connectivity index (χ2v) is 8.76. The van der Waals surface area contributed by atoms with Crippen LogP contribution in [0.4, 0.5) is 5.69 Å². The van der Waals surface area contributed by atoms with Gasteiger partial charge in [0.2, 0.25) is 10.0 Å². The van der Waals surface area contributed by atoms with Crippen LogP contribution in [0, 0.1) is 0 Å². The molecular formula is C16H14BrCl2N3O3S. The lowest BCUT2D eigenvalue weighted by molar-refractivity contribution is -0.119. The van der Waals surface area contributed by atoms with Crippen molar-refractivity contribution in [3.05, 3.63) is 62.5 Å². The van der Waals surface area contributed by atoms with Crippen LogP contribution < -0.4 is 9.73 Å². The van der Waals surface area contributed by atoms with Crippen molar-refractivity contribution >= 4 is 67.0 Å². The van der Waals surface area contributed by atoms with Gasteiger partial charge >= 0.3 is 0 Å². The van der Waals surface area contributed by atoms with Gasteiger partial charge in [-0.2, -0.15) is 5.10 Å². The van der Waals surface area contributed by atoms with E-state index in [9.17, 15) is 13.2 Å². The molecule has 0 aliphatic rings. The van der Waals surface area contributed by atoms with Crippen LogP contribution in [0.5, 0.6) is 0 Å². The van der Waals surface area contributed by atoms with Gasteiger partial charge in [-0.1, -0.05) is 41.4 Å². The highest BCUT2D eigenvalue weighted by Gasteiger charge is 2.22. The Bertz CT molecular complexity index is 952. The second-order valence-electron chi connectivity index (χ2n) is 5.19. The molecule has 0 spiro atoms. The SMILES string of the molecule is CS(=O)(=O)N(CC(=O)N/N=C\c1ccc(Cl)c(Cl)c1)c1ccccc1Br. The predicted molar refractivity (Wildman–Crippen MR) is 109 cm³/mol. The van der Waals surface area contributed by atoms with Gasteiger partial charge in [-0.05, 0) is 45.8 Å². The van der Waals surface area contributed by atoms with Crippen molar-refractivity contribution in [1.29, 1.82) is 0 Å². The number of benzene rings is 2. The molecule has 0 radical (unpaired) electrons. The average Bonchev–Trinajstić information content (AvgIpc) is 2.56. The summed E-state index contributed by atoms with van der Waals surface area (Å²) in [6.45, 7) is -0.417. The maximum absolute atomic E-state index is 12.1. The van der Waals surface area contributed by atoms with Crippen LogP contribution in [-0.2, 0) is 14.8 Å². The number of anilines is 1. The van der Waals surface area contributed by atoms with Crippen molar-refractivity contribution in [2.75, 3.05) is 17.1 Å². The molecular weight excluding hydrogens is 465 g/mol. The molecule has 2 rings (SSSR count). The van der Waals surface area contributed by atoms with Crippen molar-refractivity contribution < 1.29 is 13.2 Å². The number of amides is 1. The molecule has 0 saturated heterocycles. The minimum Gasteiger partial charge on any atom is -0.271 e. The van der Waals surface area contributed by atoms with Gasteiger partial charge in [0.25, 0.3) is 5.91 Å². The zero-order valence-electron chi connectivity index (χ0n) is 13.5. The molecule has 1 amide bonds. The number of nitrogens with zero attached hydrogens (tertiary/aromatic N) is 2. The minimum atomic E-state index is -3.66. The summed E-state index contributed by atoms with van der Waals surface area (Å²) < 4.78 is 25.6. The number of carbonyl (C=O) groups excluding carboxylic acids is 1. The van der Waals surface area contributed by atoms with Crippen molar-refractivity contribution in [2.24, 2.45) is 5.10 Å². The lowest BCUT2D eigenvalue weighted by Crippen LogP contribution is -2.39. The first-order valence-corrected chi connectivity index (χ1v) is 10.6. The highest BCUT2D eigenvalue weighted by atomic mass is 79.9. The van der Waals surface area contributed by atoms with E-state index in [1.165, 1.54) is 6.21 Å². The zero-order valence-corrected chi connectivity index (χ0v) is 17.4. The number of carbonyl (C=O) groups is 1. The standard InChI is InChI=1S/C16H14BrCl2N3O3S/c1-26(24,25)22(15-5-3-2-4-12(15)17)10-16(23)21-20-9-11-6-7-13(18)14(19)8-11/h2-9H,10H2,1H3,(H,21,23)/b20-9-. The number of hydrogen-bond acceptors (Lipinski definition) is 4. The van der Waals surface area contributed by atoms with Crippen molar-refractivity contribution in [1.82, 2.24) is 5.43 Å². The smallest absolute Gasteiger partial charge is 0.260 e. The summed E-state index contributed by atoms with van der Waals surface area (Å²) in [5, 5.41) is 4.57. The quantitative estimate of drug-likeness (QED) is 0.508. The molecule has 10 heteroatoms. The van der Waals surface area contributed by atoms with Crippen molar-refractivity contribution in [3.8, 4) is 0 Å². The number of hydrogen-bond donors (Lipinski definition) is 1. The molecule has 2 aromatic rings. The molecule has 0 aromatic heterocycles. The Morgan fingerprint density at radius 3 is 2.54 bits per heavy atom. The van der Waals surface area contributed by atoms with E-state index in [-0.39, 0.29) is 0 Å². The van der Waals surface area contributed by atoms with E-state index in [0.717, 1.165) is 10.6 Å². The Morgan fingerprint density at radius 2 is 1.92 bits per heavy atom. The normalized spacial score (nSPS) is 11.5. The Kier molecular flexibility index (Phi) is 7.05. The van der Waals surface area contributed by atoms with Crippen molar-refractivity contribution in [2.45, 2.75) is 0 Å². The summed E-state index contributed by atoms with van der Waals surface area (Å²) in [5.74, 6) is -0.595. The summed E-state index contributed by atoms with van der Waals surface area (Å²) in [6.07, 6.45) is 2.40. The molecule has 138 valence electrons. The first-order valence-electron chi connectivity index (χ1n) is 7.17. The highest BCUT2D eigenvalue weighted by molar-refractivity contribution is 9.10. The average molecular weight is 479 g/mol. The van der Waals surface area contributed by atoms with Gasteiger partial charge in [-0.15, -0.1) is 0 Å². The summed E-state index contributed by atoms with van der Waals surface area (Å²) >= 11 is 15.0. The largest absolute Gasteiger partial charge is 0.271 e. The number of para-hydroxylation sites is 1. The van der Waals surface area contributed by atoms with Gasteiger partial charge in [0.05, 0.1) is 28.2 Å². The monoisotopic (exact) mass is 477 g/mol. The Hall–Kier alpha value is -1.61. The number of nitrogens with one attached hydrogen (secondary N) is 1. The molecule has 0 atom stereocenters. The fraction of sp³-hybridized carbons (Fsp3) is 0.125. The summed E-state index contributed by atoms with van der Waals surface area (Å²) in [6, 6.07) is 11.6. The van der Waals surface area contributed by atoms with Gasteiger partial charge in [0, 0.05) is 4.47 Å². The molecule has 0 fully saturated rings. The topological polar surface area (TPSA) is 78.8 Å². The van der Waals surface area contributed by atoms with E-state index in [1.54, 1.807) is 42.5 Å². The molecule has 6 nitrogen and oxygen atoms in total. The molecule has 0 bridgehead atoms. The third kappa shape index (κ3) is 5.70. The third-order valence-corrected chi connectivity index (χ3v) is 5.69. The lowest BCUT2D eigenvalue weighted by atomic mass is 10.2. The van der Waals surface area contributed by atoms with E-state index in [2.05, 4.69) is 26.5 Å². The van der Waals surface area contributed by atoms with Crippen LogP contribution in [-0.4, -0.2) is 33.3 Å².